The number of rotatable bonds is 4. The minimum atomic E-state index is -3.32. The molecule has 0 amide bonds. The van der Waals surface area contributed by atoms with Crippen LogP contribution in [0.1, 0.15) is 6.92 Å². The summed E-state index contributed by atoms with van der Waals surface area (Å²) in [6, 6.07) is 0. The third-order valence-corrected chi connectivity index (χ3v) is 2.07. The van der Waals surface area contributed by atoms with Crippen molar-refractivity contribution in [1.29, 1.82) is 0 Å². The summed E-state index contributed by atoms with van der Waals surface area (Å²) in [5.74, 6) is -1.08. The Bertz CT molecular complexity index is 232. The number of carboxylic acid groups (broad SMARTS) is 1. The lowest BCUT2D eigenvalue weighted by atomic mass is 10.5. The van der Waals surface area contributed by atoms with Crippen molar-refractivity contribution in [3.05, 3.63) is 0 Å². The van der Waals surface area contributed by atoms with Gasteiger partial charge >= 0.3 is 6.07 Å². The smallest absolute Gasteiger partial charge is 0.380 e. The molecule has 0 unspecified atom stereocenters. The Morgan fingerprint density at radius 3 is 1.93 bits per heavy atom. The number of aliphatic carboxylic acids is 1. The van der Waals surface area contributed by atoms with Crippen molar-refractivity contribution in [2.75, 3.05) is 34.3 Å². The van der Waals surface area contributed by atoms with E-state index >= 15 is 0 Å². The highest BCUT2D eigenvalue weighted by Crippen LogP contribution is 2.57. The Balaban J connectivity index is 0. The fourth-order valence-corrected chi connectivity index (χ4v) is 1.13. The molecule has 0 aliphatic rings. The third-order valence-electron chi connectivity index (χ3n) is 1.00. The van der Waals surface area contributed by atoms with Crippen molar-refractivity contribution in [1.82, 2.24) is 0 Å². The van der Waals surface area contributed by atoms with E-state index in [4.69, 9.17) is 32.4 Å². The third kappa shape index (κ3) is 31.4. The Hall–Kier alpha value is 0.200. The average Bonchev–Trinajstić information content (AvgIpc) is 1.77. The molecule has 0 saturated heterocycles. The average molecular weight is 280 g/mol. The van der Waals surface area contributed by atoms with Crippen molar-refractivity contribution in [3.63, 3.8) is 0 Å². The molecule has 15 heavy (non-hydrogen) atoms. The van der Waals surface area contributed by atoms with Crippen LogP contribution >= 0.6 is 28.6 Å². The minimum Gasteiger partial charge on any atom is -0.550 e. The van der Waals surface area contributed by atoms with E-state index < -0.39 is 12.0 Å². The number of carboxylic acids is 1. The summed E-state index contributed by atoms with van der Waals surface area (Å²) in [6.07, 6.45) is -3.32. The first-order valence-corrected chi connectivity index (χ1v) is 7.49. The Labute approximate surface area is 99.5 Å². The molecular weight excluding hydrogens is 264 g/mol. The van der Waals surface area contributed by atoms with Crippen LogP contribution in [-0.2, 0) is 13.9 Å². The highest BCUT2D eigenvalue weighted by atomic mass is 35.9. The zero-order valence-corrected chi connectivity index (χ0v) is 11.6. The number of likely N-dealkylation sites (N-methyl/N-ethyl adjacent to an activating group) is 1. The molecule has 0 aliphatic carbocycles. The zero-order chi connectivity index (χ0) is 12.7. The summed E-state index contributed by atoms with van der Waals surface area (Å²) in [4.78, 5) is 8.89. The zero-order valence-electron chi connectivity index (χ0n) is 9.20. The van der Waals surface area contributed by atoms with Gasteiger partial charge in [0.2, 0.25) is 0 Å². The first kappa shape index (κ1) is 17.6. The van der Waals surface area contributed by atoms with E-state index in [1.807, 2.05) is 21.1 Å². The van der Waals surface area contributed by atoms with Crippen LogP contribution in [0.15, 0.2) is 0 Å². The first-order chi connectivity index (χ1) is 6.44. The van der Waals surface area contributed by atoms with E-state index in [-0.39, 0.29) is 0 Å². The van der Waals surface area contributed by atoms with Gasteiger partial charge in [-0.05, 0) is 29.4 Å². The molecule has 0 aromatic heterocycles. The van der Waals surface area contributed by atoms with Crippen LogP contribution in [-0.4, -0.2) is 44.7 Å². The van der Waals surface area contributed by atoms with Gasteiger partial charge in [-0.3, -0.25) is 4.57 Å². The molecule has 0 bridgehead atoms. The van der Waals surface area contributed by atoms with Crippen LogP contribution in [0, 0.1) is 0 Å². The van der Waals surface area contributed by atoms with Gasteiger partial charge in [0.05, 0.1) is 21.1 Å². The normalized spacial score (nSPS) is 11.6. The van der Waals surface area contributed by atoms with Gasteiger partial charge in [0.15, 0.2) is 0 Å². The molecule has 0 radical (unpaired) electrons. The molecule has 0 fully saturated rings. The molecule has 0 aromatic rings. The molecule has 0 spiro atoms. The summed E-state index contributed by atoms with van der Waals surface area (Å²) in [5, 5.41) is 8.89. The van der Waals surface area contributed by atoms with Crippen LogP contribution in [0.4, 0.5) is 0 Å². The van der Waals surface area contributed by atoms with Crippen LogP contribution in [0.2, 0.25) is 0 Å². The predicted octanol–water partition coefficient (Wildman–Crippen LogP) is 1.05. The van der Waals surface area contributed by atoms with Crippen molar-refractivity contribution in [2.45, 2.75) is 6.92 Å². The van der Waals surface area contributed by atoms with Gasteiger partial charge in [0.1, 0.15) is 13.2 Å². The van der Waals surface area contributed by atoms with Gasteiger partial charge in [-0.2, -0.15) is 0 Å². The lowest BCUT2D eigenvalue weighted by Crippen LogP contribution is -2.37. The molecule has 8 heteroatoms. The number of carbonyl (C=O) groups excluding carboxylic acids is 1. The summed E-state index contributed by atoms with van der Waals surface area (Å²) in [5.41, 5.74) is 0. The molecule has 0 N–H and O–H groups in total. The van der Waals surface area contributed by atoms with E-state index in [1.165, 1.54) is 0 Å². The number of halogens is 2. The molecule has 0 aliphatic heterocycles. The second-order valence-electron chi connectivity index (χ2n) is 3.75. The van der Waals surface area contributed by atoms with Crippen molar-refractivity contribution in [2.24, 2.45) is 0 Å². The summed E-state index contributed by atoms with van der Waals surface area (Å²) < 4.78 is 16.0. The van der Waals surface area contributed by atoms with Crippen molar-refractivity contribution >= 4 is 34.5 Å². The van der Waals surface area contributed by atoms with E-state index in [9.17, 15) is 4.57 Å². The summed E-state index contributed by atoms with van der Waals surface area (Å²) >= 11 is 10.3. The fourth-order valence-electron chi connectivity index (χ4n) is 0.421. The van der Waals surface area contributed by atoms with Crippen LogP contribution in [0.5, 0.6) is 0 Å². The number of hydrogen-bond donors (Lipinski definition) is 0. The highest BCUT2D eigenvalue weighted by molar-refractivity contribution is 8.05. The molecule has 5 nitrogen and oxygen atoms in total. The van der Waals surface area contributed by atoms with Crippen LogP contribution in [0.3, 0.4) is 0 Å². The Kier molecular flexibility index (Phi) is 8.76. The molecule has 0 saturated carbocycles. The summed E-state index contributed by atoms with van der Waals surface area (Å²) in [7, 11) is 5.99. The molecule has 92 valence electrons. The maximum atomic E-state index is 10.6. The number of quaternary nitrogens is 1. The van der Waals surface area contributed by atoms with E-state index in [0.717, 1.165) is 18.0 Å². The van der Waals surface area contributed by atoms with Gasteiger partial charge in [0, 0.05) is 5.97 Å². The number of hydrogen-bond acceptors (Lipinski definition) is 4. The second kappa shape index (κ2) is 7.47. The highest BCUT2D eigenvalue weighted by Gasteiger charge is 2.16. The number of nitrogens with zero attached hydrogens (tertiary/aromatic N) is 1. The van der Waals surface area contributed by atoms with Gasteiger partial charge < -0.3 is 18.9 Å². The van der Waals surface area contributed by atoms with Crippen LogP contribution in [0.25, 0.3) is 0 Å². The Morgan fingerprint density at radius 1 is 1.40 bits per heavy atom. The van der Waals surface area contributed by atoms with Gasteiger partial charge in [-0.1, -0.05) is 0 Å². The SMILES string of the molecule is CC(=O)[O-].C[N+](C)(C)CCOP(=O)(Cl)Cl. The van der Waals surface area contributed by atoms with Crippen molar-refractivity contribution in [3.8, 4) is 0 Å². The van der Waals surface area contributed by atoms with E-state index in [2.05, 4.69) is 4.52 Å². The molecule has 0 aromatic carbocycles. The standard InChI is InChI=1S/C5H13Cl2NO2P.C2H4O2/c1-8(2,3)4-5-10-11(6,7)9;1-2(3)4/h4-5H2,1-3H3;1H3,(H,3,4)/q+1;/p-1. The van der Waals surface area contributed by atoms with E-state index in [0.29, 0.717) is 6.61 Å². The van der Waals surface area contributed by atoms with Gasteiger partial charge in [-0.25, -0.2) is 0 Å². The van der Waals surface area contributed by atoms with Crippen LogP contribution < -0.4 is 5.11 Å². The monoisotopic (exact) mass is 279 g/mol. The topological polar surface area (TPSA) is 66.4 Å². The lowest BCUT2D eigenvalue weighted by Gasteiger charge is -2.23. The van der Waals surface area contributed by atoms with Gasteiger partial charge in [0.25, 0.3) is 0 Å². The molecule has 0 atom stereocenters. The maximum Gasteiger partial charge on any atom is 0.380 e. The minimum absolute atomic E-state index is 0.313. The van der Waals surface area contributed by atoms with E-state index in [1.54, 1.807) is 0 Å². The number of carbonyl (C=O) groups is 1. The quantitative estimate of drug-likeness (QED) is 0.570. The fraction of sp³-hybridized carbons (Fsp3) is 0.857. The largest absolute Gasteiger partial charge is 0.550 e. The first-order valence-electron chi connectivity index (χ1n) is 4.06. The second-order valence-corrected chi connectivity index (χ2v) is 8.03. The lowest BCUT2D eigenvalue weighted by molar-refractivity contribution is -0.870. The predicted molar refractivity (Wildman–Crippen MR) is 58.8 cm³/mol. The summed E-state index contributed by atoms with van der Waals surface area (Å²) in [6.45, 7) is 2.01. The Morgan fingerprint density at radius 2 is 1.73 bits per heavy atom. The van der Waals surface area contributed by atoms with Gasteiger partial charge in [-0.15, -0.1) is 0 Å². The molecular formula is C7H16Cl2NO4P. The maximum absolute atomic E-state index is 10.6. The van der Waals surface area contributed by atoms with Crippen molar-refractivity contribution < 1.29 is 23.5 Å². The molecule has 0 heterocycles. The molecule has 0 rings (SSSR count).